The fourth-order valence-electron chi connectivity index (χ4n) is 2.09. The Bertz CT molecular complexity index is 971. The number of carbonyl (C=O) groups is 2. The molecule has 0 spiro atoms. The summed E-state index contributed by atoms with van der Waals surface area (Å²) in [6, 6.07) is 1.35. The van der Waals surface area contributed by atoms with Gasteiger partial charge in [-0.05, 0) is 57.0 Å². The lowest BCUT2D eigenvalue weighted by atomic mass is 10.1. The Kier molecular flexibility index (Phi) is 5.68. The molecule has 2 amide bonds. The summed E-state index contributed by atoms with van der Waals surface area (Å²) in [5, 5.41) is 9.63. The molecule has 1 saturated heterocycles. The number of nitrogens with zero attached hydrogens (tertiary/aromatic N) is 3. The molecule has 0 atom stereocenters. The minimum Gasteiger partial charge on any atom is -0.502 e. The van der Waals surface area contributed by atoms with E-state index in [0.29, 0.717) is 5.56 Å². The van der Waals surface area contributed by atoms with Crippen molar-refractivity contribution in [1.82, 2.24) is 14.9 Å². The number of rotatable bonds is 4. The van der Waals surface area contributed by atoms with Gasteiger partial charge in [-0.25, -0.2) is 14.4 Å². The number of phenolic OH excluding ortho intramolecular Hbond substituents is 1. The second kappa shape index (κ2) is 7.83. The molecule has 0 unspecified atom stereocenters. The molecule has 2 heterocycles. The van der Waals surface area contributed by atoms with E-state index in [1.807, 2.05) is 0 Å². The summed E-state index contributed by atoms with van der Waals surface area (Å²) in [7, 11) is 1.35. The van der Waals surface area contributed by atoms with Gasteiger partial charge < -0.3 is 9.84 Å². The third kappa shape index (κ3) is 4.07. The third-order valence-electron chi connectivity index (χ3n) is 3.52. The number of likely N-dealkylation sites (N-methyl/N-ethyl adjacent to an activating group) is 1. The van der Waals surface area contributed by atoms with E-state index in [4.69, 9.17) is 16.3 Å². The number of hydrogen-bond acceptors (Lipinski definition) is 7. The normalized spacial score (nSPS) is 15.7. The summed E-state index contributed by atoms with van der Waals surface area (Å²) in [4.78, 5) is 32.3. The number of aromatic nitrogens is 2. The lowest BCUT2D eigenvalue weighted by Gasteiger charge is -2.12. The minimum absolute atomic E-state index is 0.0449. The van der Waals surface area contributed by atoms with Crippen molar-refractivity contribution in [3.63, 3.8) is 0 Å². The molecule has 0 aliphatic carbocycles. The van der Waals surface area contributed by atoms with Gasteiger partial charge in [0.15, 0.2) is 17.3 Å². The van der Waals surface area contributed by atoms with Gasteiger partial charge in [-0.3, -0.25) is 14.5 Å². The molecule has 2 aromatic rings. The lowest BCUT2D eigenvalue weighted by Crippen LogP contribution is -2.22. The SMILES string of the molecule is CN1C(=O)S/C(=C\c2cc(OCc3cnc(Cl)nc3)c(O)c(F)c2Br)C1=O. The van der Waals surface area contributed by atoms with Gasteiger partial charge in [-0.1, -0.05) is 0 Å². The first-order chi connectivity index (χ1) is 12.8. The minimum atomic E-state index is -0.957. The number of aromatic hydroxyl groups is 1. The maximum atomic E-state index is 14.3. The topological polar surface area (TPSA) is 92.6 Å². The first kappa shape index (κ1) is 19.6. The van der Waals surface area contributed by atoms with E-state index in [1.54, 1.807) is 0 Å². The molecule has 0 saturated carbocycles. The number of thioether (sulfide) groups is 1. The number of halogens is 3. The van der Waals surface area contributed by atoms with Crippen molar-refractivity contribution in [3.05, 3.63) is 50.1 Å². The molecular formula is C16H10BrClFN3O4S. The van der Waals surface area contributed by atoms with Gasteiger partial charge in [-0.2, -0.15) is 0 Å². The summed E-state index contributed by atoms with van der Waals surface area (Å²) < 4.78 is 19.7. The molecule has 140 valence electrons. The number of amides is 2. The average Bonchev–Trinajstić information content (AvgIpc) is 2.89. The van der Waals surface area contributed by atoms with Crippen molar-refractivity contribution >= 4 is 56.5 Å². The molecule has 27 heavy (non-hydrogen) atoms. The number of benzene rings is 1. The molecule has 0 bridgehead atoms. The van der Waals surface area contributed by atoms with Gasteiger partial charge >= 0.3 is 0 Å². The van der Waals surface area contributed by atoms with Crippen LogP contribution in [0.3, 0.4) is 0 Å². The smallest absolute Gasteiger partial charge is 0.293 e. The number of phenols is 1. The van der Waals surface area contributed by atoms with Crippen LogP contribution >= 0.6 is 39.3 Å². The highest BCUT2D eigenvalue weighted by atomic mass is 79.9. The zero-order chi connectivity index (χ0) is 19.7. The van der Waals surface area contributed by atoms with Crippen molar-refractivity contribution < 1.29 is 23.8 Å². The van der Waals surface area contributed by atoms with Crippen molar-refractivity contribution in [2.24, 2.45) is 0 Å². The van der Waals surface area contributed by atoms with Crippen LogP contribution in [0.5, 0.6) is 11.5 Å². The zero-order valence-electron chi connectivity index (χ0n) is 13.6. The summed E-state index contributed by atoms with van der Waals surface area (Å²) in [6.07, 6.45) is 4.21. The van der Waals surface area contributed by atoms with Crippen molar-refractivity contribution in [1.29, 1.82) is 0 Å². The van der Waals surface area contributed by atoms with Crippen LogP contribution in [0, 0.1) is 5.82 Å². The van der Waals surface area contributed by atoms with E-state index < -0.39 is 22.7 Å². The van der Waals surface area contributed by atoms with Gasteiger partial charge in [0.1, 0.15) is 6.61 Å². The van der Waals surface area contributed by atoms with Gasteiger partial charge in [0.25, 0.3) is 11.1 Å². The molecule has 1 aromatic heterocycles. The molecule has 7 nitrogen and oxygen atoms in total. The molecule has 1 aliphatic rings. The fraction of sp³-hybridized carbons (Fsp3) is 0.125. The van der Waals surface area contributed by atoms with Crippen LogP contribution in [-0.2, 0) is 11.4 Å². The van der Waals surface area contributed by atoms with E-state index in [1.165, 1.54) is 31.6 Å². The van der Waals surface area contributed by atoms with Crippen molar-refractivity contribution in [3.8, 4) is 11.5 Å². The highest BCUT2D eigenvalue weighted by molar-refractivity contribution is 9.10. The van der Waals surface area contributed by atoms with E-state index in [-0.39, 0.29) is 32.6 Å². The number of carbonyl (C=O) groups excluding carboxylic acids is 2. The number of imide groups is 1. The van der Waals surface area contributed by atoms with Crippen LogP contribution in [0.15, 0.2) is 27.8 Å². The Balaban J connectivity index is 1.91. The molecule has 1 fully saturated rings. The first-order valence-corrected chi connectivity index (χ1v) is 9.28. The first-order valence-electron chi connectivity index (χ1n) is 7.29. The van der Waals surface area contributed by atoms with Crippen LogP contribution in [0.2, 0.25) is 5.28 Å². The van der Waals surface area contributed by atoms with Gasteiger partial charge in [0.2, 0.25) is 5.28 Å². The maximum absolute atomic E-state index is 14.3. The van der Waals surface area contributed by atoms with E-state index >= 15 is 0 Å². The molecular weight excluding hydrogens is 465 g/mol. The van der Waals surface area contributed by atoms with Crippen molar-refractivity contribution in [2.45, 2.75) is 6.61 Å². The standard InChI is InChI=1S/C16H10BrClFN3O4S/c1-22-14(24)10(27-16(22)25)3-8-2-9(13(23)12(19)11(8)17)26-6-7-4-20-15(18)21-5-7/h2-5,23H,6H2,1H3/b10-3-. The molecule has 1 N–H and O–H groups in total. The summed E-state index contributed by atoms with van der Waals surface area (Å²) in [5.41, 5.74) is 0.780. The van der Waals surface area contributed by atoms with Crippen LogP contribution in [0.1, 0.15) is 11.1 Å². The largest absolute Gasteiger partial charge is 0.502 e. The Morgan fingerprint density at radius 3 is 2.67 bits per heavy atom. The van der Waals surface area contributed by atoms with Crippen LogP contribution in [0.4, 0.5) is 9.18 Å². The molecule has 11 heteroatoms. The van der Waals surface area contributed by atoms with E-state index in [9.17, 15) is 19.1 Å². The maximum Gasteiger partial charge on any atom is 0.293 e. The Hall–Kier alpha value is -2.17. The van der Waals surface area contributed by atoms with Crippen LogP contribution < -0.4 is 4.74 Å². The predicted molar refractivity (Wildman–Crippen MR) is 101 cm³/mol. The number of ether oxygens (including phenoxy) is 1. The average molecular weight is 475 g/mol. The Morgan fingerprint density at radius 1 is 1.41 bits per heavy atom. The Morgan fingerprint density at radius 2 is 2.07 bits per heavy atom. The summed E-state index contributed by atoms with van der Waals surface area (Å²) >= 11 is 9.38. The second-order valence-electron chi connectivity index (χ2n) is 5.33. The fourth-order valence-corrected chi connectivity index (χ4v) is 3.42. The van der Waals surface area contributed by atoms with E-state index in [2.05, 4.69) is 25.9 Å². The summed E-state index contributed by atoms with van der Waals surface area (Å²) in [5.74, 6) is -2.29. The second-order valence-corrected chi connectivity index (χ2v) is 7.45. The molecule has 0 radical (unpaired) electrons. The number of hydrogen-bond donors (Lipinski definition) is 1. The third-order valence-corrected chi connectivity index (χ3v) is 5.48. The highest BCUT2D eigenvalue weighted by Gasteiger charge is 2.32. The van der Waals surface area contributed by atoms with Crippen LogP contribution in [0.25, 0.3) is 6.08 Å². The van der Waals surface area contributed by atoms with Crippen molar-refractivity contribution in [2.75, 3.05) is 7.05 Å². The molecule has 1 aromatic carbocycles. The highest BCUT2D eigenvalue weighted by Crippen LogP contribution is 2.40. The van der Waals surface area contributed by atoms with Crippen LogP contribution in [-0.4, -0.2) is 38.2 Å². The molecule has 1 aliphatic heterocycles. The van der Waals surface area contributed by atoms with E-state index in [0.717, 1.165) is 16.7 Å². The van der Waals surface area contributed by atoms with Gasteiger partial charge in [-0.15, -0.1) is 0 Å². The van der Waals surface area contributed by atoms with Gasteiger partial charge in [0.05, 0.1) is 9.38 Å². The zero-order valence-corrected chi connectivity index (χ0v) is 16.7. The lowest BCUT2D eigenvalue weighted by molar-refractivity contribution is -0.121. The monoisotopic (exact) mass is 473 g/mol. The predicted octanol–water partition coefficient (Wildman–Crippen LogP) is 3.98. The quantitative estimate of drug-likeness (QED) is 0.529. The van der Waals surface area contributed by atoms with Gasteiger partial charge in [0, 0.05) is 25.0 Å². The Labute approximate surface area is 170 Å². The molecule has 3 rings (SSSR count). The summed E-state index contributed by atoms with van der Waals surface area (Å²) in [6.45, 7) is -0.0449.